The van der Waals surface area contributed by atoms with Crippen LogP contribution in [0.3, 0.4) is 0 Å². The molecular weight excluding hydrogens is 292 g/mol. The lowest BCUT2D eigenvalue weighted by Crippen LogP contribution is -2.31. The van der Waals surface area contributed by atoms with E-state index in [-0.39, 0.29) is 16.5 Å². The maximum atomic E-state index is 11.3. The van der Waals surface area contributed by atoms with E-state index in [2.05, 4.69) is 12.2 Å². The van der Waals surface area contributed by atoms with E-state index in [0.29, 0.717) is 11.6 Å². The number of rotatable bonds is 4. The van der Waals surface area contributed by atoms with E-state index in [9.17, 15) is 18.3 Å². The van der Waals surface area contributed by atoms with Crippen LogP contribution in [0.25, 0.3) is 0 Å². The lowest BCUT2D eigenvalue weighted by molar-refractivity contribution is 0.0697. The minimum atomic E-state index is -3.91. The van der Waals surface area contributed by atoms with Crippen LogP contribution in [0.5, 0.6) is 0 Å². The van der Waals surface area contributed by atoms with Gasteiger partial charge in [0.1, 0.15) is 0 Å². The molecule has 7 heteroatoms. The van der Waals surface area contributed by atoms with Crippen molar-refractivity contribution < 1.29 is 18.3 Å². The first-order chi connectivity index (χ1) is 9.79. The molecule has 0 spiro atoms. The summed E-state index contributed by atoms with van der Waals surface area (Å²) in [6.45, 7) is 2.13. The molecule has 2 atom stereocenters. The van der Waals surface area contributed by atoms with Crippen molar-refractivity contribution in [2.45, 2.75) is 43.5 Å². The maximum Gasteiger partial charge on any atom is 0.337 e. The van der Waals surface area contributed by atoms with Gasteiger partial charge in [-0.3, -0.25) is 0 Å². The van der Waals surface area contributed by atoms with E-state index in [1.54, 1.807) is 0 Å². The number of carboxylic acid groups (broad SMARTS) is 1. The third-order valence-corrected chi connectivity index (χ3v) is 4.91. The van der Waals surface area contributed by atoms with Crippen molar-refractivity contribution >= 4 is 21.7 Å². The summed E-state index contributed by atoms with van der Waals surface area (Å²) < 4.78 is 22.7. The number of hydrogen-bond donors (Lipinski definition) is 3. The van der Waals surface area contributed by atoms with E-state index in [1.807, 2.05) is 0 Å². The molecule has 0 radical (unpaired) electrons. The predicted molar refractivity (Wildman–Crippen MR) is 79.8 cm³/mol. The molecule has 2 rings (SSSR count). The fourth-order valence-electron chi connectivity index (χ4n) is 2.73. The van der Waals surface area contributed by atoms with Crippen LogP contribution in [-0.4, -0.2) is 25.5 Å². The van der Waals surface area contributed by atoms with Gasteiger partial charge in [-0.1, -0.05) is 19.8 Å². The number of nitrogens with two attached hydrogens (primary N) is 1. The van der Waals surface area contributed by atoms with Crippen LogP contribution < -0.4 is 10.5 Å². The molecule has 1 aromatic rings. The van der Waals surface area contributed by atoms with Gasteiger partial charge in [-0.05, 0) is 37.0 Å². The van der Waals surface area contributed by atoms with Crippen molar-refractivity contribution in [3.05, 3.63) is 23.8 Å². The SMILES string of the molecule is CC1CCCCC1Nc1ccc(S(N)(=O)=O)cc1C(=O)O. The Balaban J connectivity index is 2.32. The van der Waals surface area contributed by atoms with Crippen molar-refractivity contribution in [1.82, 2.24) is 0 Å². The Morgan fingerprint density at radius 2 is 2.00 bits per heavy atom. The van der Waals surface area contributed by atoms with E-state index >= 15 is 0 Å². The molecule has 1 saturated carbocycles. The number of carboxylic acids is 1. The second kappa shape index (κ2) is 6.03. The van der Waals surface area contributed by atoms with Crippen LogP contribution in [0.15, 0.2) is 23.1 Å². The van der Waals surface area contributed by atoms with Crippen molar-refractivity contribution in [3.63, 3.8) is 0 Å². The molecule has 0 saturated heterocycles. The fraction of sp³-hybridized carbons (Fsp3) is 0.500. The monoisotopic (exact) mass is 312 g/mol. The van der Waals surface area contributed by atoms with Crippen LogP contribution in [0.2, 0.25) is 0 Å². The number of sulfonamides is 1. The van der Waals surface area contributed by atoms with Gasteiger partial charge in [0.2, 0.25) is 10.0 Å². The molecule has 0 heterocycles. The number of carbonyl (C=O) groups is 1. The number of anilines is 1. The zero-order chi connectivity index (χ0) is 15.6. The standard InChI is InChI=1S/C14H20N2O4S/c1-9-4-2-3-5-12(9)16-13-7-6-10(21(15,19)20)8-11(13)14(17)18/h6-9,12,16H,2-5H2,1H3,(H,17,18)(H2,15,19,20). The van der Waals surface area contributed by atoms with Crippen molar-refractivity contribution in [1.29, 1.82) is 0 Å². The molecular formula is C14H20N2O4S. The number of aromatic carboxylic acids is 1. The molecule has 6 nitrogen and oxygen atoms in total. The molecule has 21 heavy (non-hydrogen) atoms. The Kier molecular flexibility index (Phi) is 4.53. The lowest BCUT2D eigenvalue weighted by atomic mass is 9.85. The van der Waals surface area contributed by atoms with Gasteiger partial charge in [-0.25, -0.2) is 18.4 Å². The zero-order valence-electron chi connectivity index (χ0n) is 11.9. The average Bonchev–Trinajstić information content (AvgIpc) is 2.40. The molecule has 2 unspecified atom stereocenters. The number of nitrogens with one attached hydrogen (secondary N) is 1. The Morgan fingerprint density at radius 1 is 1.33 bits per heavy atom. The third kappa shape index (κ3) is 3.74. The van der Waals surface area contributed by atoms with Gasteiger partial charge in [-0.15, -0.1) is 0 Å². The van der Waals surface area contributed by atoms with Gasteiger partial charge >= 0.3 is 5.97 Å². The highest BCUT2D eigenvalue weighted by Crippen LogP contribution is 2.29. The third-order valence-electron chi connectivity index (χ3n) is 4.00. The summed E-state index contributed by atoms with van der Waals surface area (Å²) in [5, 5.41) is 17.6. The van der Waals surface area contributed by atoms with Crippen LogP contribution in [0, 0.1) is 5.92 Å². The second-order valence-electron chi connectivity index (χ2n) is 5.57. The zero-order valence-corrected chi connectivity index (χ0v) is 12.7. The van der Waals surface area contributed by atoms with E-state index < -0.39 is 16.0 Å². The molecule has 1 aliphatic rings. The van der Waals surface area contributed by atoms with Crippen molar-refractivity contribution in [2.75, 3.05) is 5.32 Å². The molecule has 1 aliphatic carbocycles. The topological polar surface area (TPSA) is 109 Å². The highest BCUT2D eigenvalue weighted by atomic mass is 32.2. The Bertz CT molecular complexity index is 642. The minimum Gasteiger partial charge on any atom is -0.478 e. The fourth-order valence-corrected chi connectivity index (χ4v) is 3.27. The van der Waals surface area contributed by atoms with Gasteiger partial charge < -0.3 is 10.4 Å². The Morgan fingerprint density at radius 3 is 2.57 bits per heavy atom. The predicted octanol–water partition coefficient (Wildman–Crippen LogP) is 2.02. The van der Waals surface area contributed by atoms with Crippen molar-refractivity contribution in [3.8, 4) is 0 Å². The average molecular weight is 312 g/mol. The summed E-state index contributed by atoms with van der Waals surface area (Å²) in [5.74, 6) is -0.718. The molecule has 116 valence electrons. The Labute approximate surface area is 124 Å². The van der Waals surface area contributed by atoms with Crippen LogP contribution in [0.1, 0.15) is 43.0 Å². The maximum absolute atomic E-state index is 11.3. The first kappa shape index (κ1) is 15.8. The Hall–Kier alpha value is -1.60. The normalized spacial score (nSPS) is 22.8. The number of primary sulfonamides is 1. The molecule has 1 fully saturated rings. The molecule has 4 N–H and O–H groups in total. The first-order valence-corrected chi connectivity index (χ1v) is 8.50. The number of hydrogen-bond acceptors (Lipinski definition) is 4. The van der Waals surface area contributed by atoms with Gasteiger partial charge in [0, 0.05) is 11.7 Å². The minimum absolute atomic E-state index is 0.0701. The van der Waals surface area contributed by atoms with Crippen LogP contribution in [-0.2, 0) is 10.0 Å². The second-order valence-corrected chi connectivity index (χ2v) is 7.13. The quantitative estimate of drug-likeness (QED) is 0.788. The summed E-state index contributed by atoms with van der Waals surface area (Å²) in [5.41, 5.74) is 0.368. The smallest absolute Gasteiger partial charge is 0.337 e. The molecule has 0 aromatic heterocycles. The molecule has 1 aromatic carbocycles. The van der Waals surface area contributed by atoms with E-state index in [1.165, 1.54) is 18.6 Å². The highest BCUT2D eigenvalue weighted by Gasteiger charge is 2.23. The summed E-state index contributed by atoms with van der Waals surface area (Å²) in [4.78, 5) is 11.2. The van der Waals surface area contributed by atoms with Gasteiger partial charge in [0.05, 0.1) is 10.5 Å². The summed E-state index contributed by atoms with van der Waals surface area (Å²) >= 11 is 0. The molecule has 0 aliphatic heterocycles. The van der Waals surface area contributed by atoms with E-state index in [4.69, 9.17) is 5.14 Å². The van der Waals surface area contributed by atoms with Gasteiger partial charge in [0.25, 0.3) is 0 Å². The molecule has 0 amide bonds. The number of benzene rings is 1. The van der Waals surface area contributed by atoms with Crippen LogP contribution >= 0.6 is 0 Å². The summed E-state index contributed by atoms with van der Waals surface area (Å²) in [6.07, 6.45) is 4.39. The summed E-state index contributed by atoms with van der Waals surface area (Å²) in [7, 11) is -3.91. The highest BCUT2D eigenvalue weighted by molar-refractivity contribution is 7.89. The lowest BCUT2D eigenvalue weighted by Gasteiger charge is -2.30. The van der Waals surface area contributed by atoms with Gasteiger partial charge in [-0.2, -0.15) is 0 Å². The summed E-state index contributed by atoms with van der Waals surface area (Å²) in [6, 6.07) is 4.12. The largest absolute Gasteiger partial charge is 0.478 e. The van der Waals surface area contributed by atoms with Crippen molar-refractivity contribution in [2.24, 2.45) is 11.1 Å². The molecule has 0 bridgehead atoms. The van der Waals surface area contributed by atoms with Crippen LogP contribution in [0.4, 0.5) is 5.69 Å². The van der Waals surface area contributed by atoms with E-state index in [0.717, 1.165) is 25.3 Å². The first-order valence-electron chi connectivity index (χ1n) is 6.95. The van der Waals surface area contributed by atoms with Gasteiger partial charge in [0.15, 0.2) is 0 Å².